The molecule has 7 nitrogen and oxygen atoms in total. The van der Waals surface area contributed by atoms with Gasteiger partial charge in [-0.3, -0.25) is 4.55 Å². The van der Waals surface area contributed by atoms with Crippen molar-refractivity contribution in [3.8, 4) is 6.07 Å². The number of hydrogen-bond acceptors (Lipinski definition) is 4. The Morgan fingerprint density at radius 3 is 2.33 bits per heavy atom. The monoisotopic (exact) mass is 278 g/mol. The standard InChI is InChI=1S/C9H9N3O4S.Na/c10-5-7-1-3-8(4-2-7)12-9(13)11-6-17(14,15)16;/h1-4H,6H2,(H2,11,12,13)(H,14,15,16);. The zero-order chi connectivity index (χ0) is 12.9. The van der Waals surface area contributed by atoms with Crippen molar-refractivity contribution in [2.75, 3.05) is 11.2 Å². The van der Waals surface area contributed by atoms with Crippen molar-refractivity contribution in [2.24, 2.45) is 0 Å². The summed E-state index contributed by atoms with van der Waals surface area (Å²) < 4.78 is 29.1. The van der Waals surface area contributed by atoms with Crippen molar-refractivity contribution in [3.63, 3.8) is 0 Å². The molecule has 0 fully saturated rings. The van der Waals surface area contributed by atoms with Crippen LogP contribution in [-0.4, -0.2) is 54.4 Å². The molecule has 18 heavy (non-hydrogen) atoms. The van der Waals surface area contributed by atoms with Crippen LogP contribution in [0.2, 0.25) is 0 Å². The van der Waals surface area contributed by atoms with Crippen LogP contribution in [0.25, 0.3) is 0 Å². The van der Waals surface area contributed by atoms with Crippen LogP contribution in [0.15, 0.2) is 24.3 Å². The molecule has 1 radical (unpaired) electrons. The van der Waals surface area contributed by atoms with Crippen molar-refractivity contribution < 1.29 is 17.8 Å². The zero-order valence-electron chi connectivity index (χ0n) is 9.54. The molecular weight excluding hydrogens is 269 g/mol. The van der Waals surface area contributed by atoms with Gasteiger partial charge in [-0.15, -0.1) is 0 Å². The number of nitrogens with zero attached hydrogens (tertiary/aromatic N) is 1. The molecule has 0 unspecified atom stereocenters. The summed E-state index contributed by atoms with van der Waals surface area (Å²) in [4.78, 5) is 11.2. The Bertz CT molecular complexity index is 550. The van der Waals surface area contributed by atoms with Crippen LogP contribution in [0.1, 0.15) is 5.56 Å². The second-order valence-electron chi connectivity index (χ2n) is 3.05. The van der Waals surface area contributed by atoms with E-state index in [1.807, 2.05) is 11.4 Å². The summed E-state index contributed by atoms with van der Waals surface area (Å²) in [5, 5.41) is 12.8. The number of nitrogens with one attached hydrogen (secondary N) is 2. The van der Waals surface area contributed by atoms with E-state index in [0.29, 0.717) is 11.3 Å². The quantitative estimate of drug-likeness (QED) is 0.537. The molecule has 91 valence electrons. The van der Waals surface area contributed by atoms with Gasteiger partial charge < -0.3 is 10.6 Å². The molecule has 0 saturated carbocycles. The molecule has 2 amide bonds. The fourth-order valence-corrected chi connectivity index (χ4v) is 1.27. The van der Waals surface area contributed by atoms with E-state index in [4.69, 9.17) is 9.81 Å². The number of nitriles is 1. The third kappa shape index (κ3) is 6.58. The fourth-order valence-electron chi connectivity index (χ4n) is 0.960. The van der Waals surface area contributed by atoms with Crippen LogP contribution >= 0.6 is 0 Å². The van der Waals surface area contributed by atoms with Crippen LogP contribution in [0.5, 0.6) is 0 Å². The first-order valence-electron chi connectivity index (χ1n) is 4.41. The first kappa shape index (κ1) is 16.9. The van der Waals surface area contributed by atoms with Crippen molar-refractivity contribution >= 4 is 51.4 Å². The minimum absolute atomic E-state index is 0. The number of benzene rings is 1. The fraction of sp³-hybridized carbons (Fsp3) is 0.111. The van der Waals surface area contributed by atoms with Gasteiger partial charge in [0.1, 0.15) is 5.88 Å². The predicted octanol–water partition coefficient (Wildman–Crippen LogP) is 0.144. The van der Waals surface area contributed by atoms with Gasteiger partial charge in [-0.05, 0) is 24.3 Å². The molecule has 0 aromatic heterocycles. The van der Waals surface area contributed by atoms with E-state index in [1.165, 1.54) is 24.3 Å². The van der Waals surface area contributed by atoms with Gasteiger partial charge in [0.15, 0.2) is 0 Å². The third-order valence-corrected chi connectivity index (χ3v) is 2.20. The summed E-state index contributed by atoms with van der Waals surface area (Å²) in [6, 6.07) is 7.12. The van der Waals surface area contributed by atoms with Crippen LogP contribution in [0.4, 0.5) is 10.5 Å². The molecule has 0 bridgehead atoms. The molecule has 0 spiro atoms. The Hall–Kier alpha value is -1.11. The van der Waals surface area contributed by atoms with Gasteiger partial charge in [0.05, 0.1) is 11.6 Å². The van der Waals surface area contributed by atoms with Gasteiger partial charge in [-0.2, -0.15) is 13.7 Å². The summed E-state index contributed by atoms with van der Waals surface area (Å²) in [7, 11) is -4.24. The number of rotatable bonds is 3. The number of carbonyl (C=O) groups is 1. The SMILES string of the molecule is N#Cc1ccc(NC(=O)NCS(=O)(=O)O)cc1.[Na]. The normalized spacial score (nSPS) is 9.78. The molecule has 0 aliphatic heterocycles. The van der Waals surface area contributed by atoms with Crippen LogP contribution in [0, 0.1) is 11.3 Å². The van der Waals surface area contributed by atoms with E-state index in [9.17, 15) is 13.2 Å². The van der Waals surface area contributed by atoms with Crippen LogP contribution < -0.4 is 10.6 Å². The van der Waals surface area contributed by atoms with E-state index >= 15 is 0 Å². The maximum atomic E-state index is 11.2. The topological polar surface area (TPSA) is 119 Å². The van der Waals surface area contributed by atoms with Gasteiger partial charge in [0.2, 0.25) is 0 Å². The van der Waals surface area contributed by atoms with E-state index in [0.717, 1.165) is 0 Å². The number of carbonyl (C=O) groups excluding carboxylic acids is 1. The van der Waals surface area contributed by atoms with Gasteiger partial charge in [0, 0.05) is 35.2 Å². The Kier molecular flexibility index (Phi) is 6.90. The molecule has 0 saturated heterocycles. The molecular formula is C9H9N3NaO4S. The van der Waals surface area contributed by atoms with Gasteiger partial charge in [-0.25, -0.2) is 4.79 Å². The summed E-state index contributed by atoms with van der Waals surface area (Å²) >= 11 is 0. The molecule has 9 heteroatoms. The molecule has 1 rings (SSSR count). The Balaban J connectivity index is 0.00000289. The maximum absolute atomic E-state index is 11.2. The molecule has 0 aliphatic carbocycles. The van der Waals surface area contributed by atoms with E-state index < -0.39 is 22.0 Å². The van der Waals surface area contributed by atoms with E-state index in [-0.39, 0.29) is 29.6 Å². The second kappa shape index (κ2) is 7.35. The summed E-state index contributed by atoms with van der Waals surface area (Å²) in [5.41, 5.74) is 0.839. The molecule has 0 heterocycles. The van der Waals surface area contributed by atoms with Crippen molar-refractivity contribution in [1.82, 2.24) is 5.32 Å². The molecule has 0 atom stereocenters. The second-order valence-corrected chi connectivity index (χ2v) is 4.50. The zero-order valence-corrected chi connectivity index (χ0v) is 12.4. The summed E-state index contributed by atoms with van der Waals surface area (Å²) in [6.07, 6.45) is 0. The predicted molar refractivity (Wildman–Crippen MR) is 65.5 cm³/mol. The summed E-state index contributed by atoms with van der Waals surface area (Å²) in [5.74, 6) is -0.866. The minimum Gasteiger partial charge on any atom is -0.321 e. The van der Waals surface area contributed by atoms with Crippen molar-refractivity contribution in [3.05, 3.63) is 29.8 Å². The van der Waals surface area contributed by atoms with Crippen LogP contribution in [-0.2, 0) is 10.1 Å². The van der Waals surface area contributed by atoms with Gasteiger partial charge in [-0.1, -0.05) is 0 Å². The molecule has 0 aliphatic rings. The maximum Gasteiger partial charge on any atom is 0.320 e. The number of anilines is 1. The average molecular weight is 278 g/mol. The first-order chi connectivity index (χ1) is 7.90. The Morgan fingerprint density at radius 1 is 1.33 bits per heavy atom. The van der Waals surface area contributed by atoms with Gasteiger partial charge in [0.25, 0.3) is 10.1 Å². The number of hydrogen-bond donors (Lipinski definition) is 3. The van der Waals surface area contributed by atoms with Crippen LogP contribution in [0.3, 0.4) is 0 Å². The minimum atomic E-state index is -4.24. The summed E-state index contributed by atoms with van der Waals surface area (Å²) in [6.45, 7) is 0. The van der Waals surface area contributed by atoms with Crippen molar-refractivity contribution in [1.29, 1.82) is 5.26 Å². The van der Waals surface area contributed by atoms with E-state index in [1.54, 1.807) is 0 Å². The first-order valence-corrected chi connectivity index (χ1v) is 6.02. The Morgan fingerprint density at radius 2 is 1.89 bits per heavy atom. The Labute approximate surface area is 126 Å². The van der Waals surface area contributed by atoms with Gasteiger partial charge >= 0.3 is 6.03 Å². The molecule has 3 N–H and O–H groups in total. The number of amides is 2. The third-order valence-electron chi connectivity index (χ3n) is 1.69. The number of urea groups is 1. The molecule has 1 aromatic carbocycles. The average Bonchev–Trinajstić information content (AvgIpc) is 2.27. The van der Waals surface area contributed by atoms with Crippen molar-refractivity contribution in [2.45, 2.75) is 0 Å². The molecule has 1 aromatic rings. The van der Waals surface area contributed by atoms with E-state index in [2.05, 4.69) is 5.32 Å². The largest absolute Gasteiger partial charge is 0.321 e. The smallest absolute Gasteiger partial charge is 0.320 e.